The van der Waals surface area contributed by atoms with Gasteiger partial charge in [-0.1, -0.05) is 192 Å². The largest absolute Gasteiger partial charge is 0.278 e. The van der Waals surface area contributed by atoms with Crippen molar-refractivity contribution in [1.29, 1.82) is 0 Å². The Kier molecular flexibility index (Phi) is 15.5. The molecular weight excluding hydrogens is 1270 g/mol. The minimum Gasteiger partial charge on any atom is -0.278 e. The fourth-order valence-electron chi connectivity index (χ4n) is 13.6. The molecule has 472 valence electrons. The number of rotatable bonds is 12. The molecular formula is C86H64N8S4. The molecule has 18 aromatic rings. The lowest BCUT2D eigenvalue weighted by Gasteiger charge is -2.08. The fraction of sp³-hybridized carbons (Fsp3) is 0.0698. The normalized spacial score (nSPS) is 12.6. The first-order valence-corrected chi connectivity index (χ1v) is 36.1. The van der Waals surface area contributed by atoms with E-state index in [2.05, 4.69) is 221 Å². The molecule has 8 nitrogen and oxygen atoms in total. The SMILES string of the molecule is Cc1ccc(-c2cc3/c(=N\Nc4ccccc4)c4c(C)c5c(c(C)c4c3s2)/c(=N/Nc2ccccc2)c2cc(-c3ccc(C)cc3)sc25)cc1.Cc1ccc(-c2cc3/c(=N\Nc4ccccc4)c4cc5c(cc4c3s2)/c(=N/Nc2ccccc2)c2cc(-c3ccc(C)cc3)sc25)cc1. The molecule has 0 radical (unpaired) electrons. The molecule has 0 saturated heterocycles. The zero-order valence-corrected chi connectivity index (χ0v) is 57.9. The highest BCUT2D eigenvalue weighted by atomic mass is 32.1. The maximum atomic E-state index is 5.17. The van der Waals surface area contributed by atoms with E-state index in [4.69, 9.17) is 20.4 Å². The Morgan fingerprint density at radius 1 is 0.224 bits per heavy atom. The van der Waals surface area contributed by atoms with Crippen molar-refractivity contribution in [2.24, 2.45) is 20.4 Å². The predicted molar refractivity (Wildman–Crippen MR) is 422 cm³/mol. The van der Waals surface area contributed by atoms with Crippen molar-refractivity contribution < 1.29 is 0 Å². The molecule has 0 atom stereocenters. The third-order valence-corrected chi connectivity index (χ3v) is 23.5. The number of benzene rings is 10. The summed E-state index contributed by atoms with van der Waals surface area (Å²) in [7, 11) is 0. The van der Waals surface area contributed by atoms with Gasteiger partial charge in [-0.05, 0) is 160 Å². The summed E-state index contributed by atoms with van der Waals surface area (Å²) in [5.41, 5.74) is 29.7. The van der Waals surface area contributed by atoms with Gasteiger partial charge in [-0.15, -0.1) is 45.3 Å². The minimum atomic E-state index is 0.958. The number of anilines is 4. The third-order valence-electron chi connectivity index (χ3n) is 18.7. The predicted octanol–water partition coefficient (Wildman–Crippen LogP) is 22.8. The second kappa shape index (κ2) is 25.1. The molecule has 0 aliphatic rings. The Labute approximate surface area is 582 Å². The average Bonchev–Trinajstić information content (AvgIpc) is 1.59. The molecule has 0 fully saturated rings. The van der Waals surface area contributed by atoms with Crippen LogP contribution in [0, 0.1) is 41.5 Å². The smallest absolute Gasteiger partial charge is 0.100 e. The average molecular weight is 1340 g/mol. The van der Waals surface area contributed by atoms with Gasteiger partial charge < -0.3 is 0 Å². The van der Waals surface area contributed by atoms with Crippen molar-refractivity contribution in [3.63, 3.8) is 0 Å². The molecule has 0 amide bonds. The van der Waals surface area contributed by atoms with E-state index < -0.39 is 0 Å². The minimum absolute atomic E-state index is 0.958. The van der Waals surface area contributed by atoms with Crippen molar-refractivity contribution in [3.8, 4) is 41.8 Å². The summed E-state index contributed by atoms with van der Waals surface area (Å²) in [6.07, 6.45) is 0. The highest BCUT2D eigenvalue weighted by Crippen LogP contribution is 2.47. The van der Waals surface area contributed by atoms with Gasteiger partial charge in [0.1, 0.15) is 10.7 Å². The van der Waals surface area contributed by atoms with Crippen LogP contribution in [0.3, 0.4) is 0 Å². The van der Waals surface area contributed by atoms with E-state index in [1.807, 2.05) is 142 Å². The number of nitrogens with one attached hydrogen (secondary N) is 4. The monoisotopic (exact) mass is 1340 g/mol. The summed E-state index contributed by atoms with van der Waals surface area (Å²) in [5, 5.41) is 38.6. The zero-order chi connectivity index (χ0) is 66.1. The van der Waals surface area contributed by atoms with Crippen LogP contribution >= 0.6 is 45.3 Å². The Morgan fingerprint density at radius 2 is 0.469 bits per heavy atom. The molecule has 12 heteroatoms. The molecule has 4 N–H and O–H groups in total. The van der Waals surface area contributed by atoms with E-state index in [1.54, 1.807) is 0 Å². The van der Waals surface area contributed by atoms with Crippen LogP contribution in [0.2, 0.25) is 0 Å². The third kappa shape index (κ3) is 11.0. The van der Waals surface area contributed by atoms with Gasteiger partial charge >= 0.3 is 0 Å². The number of thiophene rings is 4. The van der Waals surface area contributed by atoms with Crippen molar-refractivity contribution in [2.75, 3.05) is 21.7 Å². The Morgan fingerprint density at radius 3 is 0.745 bits per heavy atom. The van der Waals surface area contributed by atoms with Crippen LogP contribution in [0.15, 0.2) is 275 Å². The molecule has 0 bridgehead atoms. The van der Waals surface area contributed by atoms with Crippen LogP contribution in [0.4, 0.5) is 22.7 Å². The number of para-hydroxylation sites is 4. The Bertz CT molecular complexity index is 5920. The number of hydrogen-bond acceptors (Lipinski definition) is 12. The van der Waals surface area contributed by atoms with Gasteiger partial charge in [-0.3, -0.25) is 21.7 Å². The standard InChI is InChI=1S/C44H34N4S2.C42H30N4S2/c1-25-15-19-29(20-16-25)35-23-33-41(47-45-31-11-7-5-8-12-31)37-28(4)40-38(27(3)39(37)43(33)49-35)42(48-46-32-13-9-6-10-14-32)34-24-36(50-44(34)40)30-21-17-26(2)18-22-30;1-25-13-17-27(18-14-25)37-23-35-39(45-43-29-9-5-3-6-10-29)31-22-34-32(21-33(31)41(35)47-37)40(46-44-30-11-7-4-8-12-30)36-24-38(48-42(34)36)28-19-15-26(2)16-20-28/h5-24,45-46H,1-4H3;3-24,43-44H,1-2H3/b47-41+,48-42+;45-39-,46-40-. The molecule has 0 saturated carbocycles. The van der Waals surface area contributed by atoms with Gasteiger partial charge in [0.05, 0.1) is 33.5 Å². The van der Waals surface area contributed by atoms with Crippen molar-refractivity contribution in [3.05, 3.63) is 310 Å². The van der Waals surface area contributed by atoms with Gasteiger partial charge in [0.2, 0.25) is 0 Å². The van der Waals surface area contributed by atoms with E-state index in [0.29, 0.717) is 0 Å². The molecule has 0 unspecified atom stereocenters. The van der Waals surface area contributed by atoms with E-state index in [1.165, 1.54) is 137 Å². The Hall–Kier alpha value is -11.1. The molecule has 98 heavy (non-hydrogen) atoms. The number of hydrogen-bond donors (Lipinski definition) is 4. The molecule has 14 aromatic carbocycles. The number of nitrogens with zero attached hydrogens (tertiary/aromatic N) is 4. The summed E-state index contributed by atoms with van der Waals surface area (Å²) in [6, 6.07) is 89.9. The summed E-state index contributed by atoms with van der Waals surface area (Å²) in [5.74, 6) is 0. The summed E-state index contributed by atoms with van der Waals surface area (Å²) < 4.78 is 5.00. The quantitative estimate of drug-likeness (QED) is 0.0916. The van der Waals surface area contributed by atoms with Crippen LogP contribution in [0.1, 0.15) is 33.4 Å². The molecule has 0 spiro atoms. The lowest BCUT2D eigenvalue weighted by atomic mass is 9.98. The van der Waals surface area contributed by atoms with Gasteiger partial charge in [0, 0.05) is 103 Å². The second-order valence-corrected chi connectivity index (χ2v) is 29.5. The zero-order valence-electron chi connectivity index (χ0n) is 54.7. The van der Waals surface area contributed by atoms with E-state index in [0.717, 1.165) is 65.7 Å². The topological polar surface area (TPSA) is 97.6 Å². The van der Waals surface area contributed by atoms with E-state index in [-0.39, 0.29) is 0 Å². The van der Waals surface area contributed by atoms with Gasteiger partial charge in [0.25, 0.3) is 0 Å². The van der Waals surface area contributed by atoms with Crippen molar-refractivity contribution >= 4 is 152 Å². The van der Waals surface area contributed by atoms with Gasteiger partial charge in [-0.25, -0.2) is 0 Å². The lowest BCUT2D eigenvalue weighted by molar-refractivity contribution is 1.25. The first-order chi connectivity index (χ1) is 48.0. The number of aryl methyl sites for hydroxylation is 6. The van der Waals surface area contributed by atoms with E-state index >= 15 is 0 Å². The summed E-state index contributed by atoms with van der Waals surface area (Å²) in [6.45, 7) is 13.1. The summed E-state index contributed by atoms with van der Waals surface area (Å²) >= 11 is 7.37. The first kappa shape index (κ1) is 60.5. The number of fused-ring (bicyclic) bond motifs is 12. The van der Waals surface area contributed by atoms with Crippen LogP contribution in [-0.2, 0) is 0 Å². The molecule has 4 aromatic heterocycles. The molecule has 18 rings (SSSR count). The first-order valence-electron chi connectivity index (χ1n) is 32.8. The summed E-state index contributed by atoms with van der Waals surface area (Å²) in [4.78, 5) is 4.96. The van der Waals surface area contributed by atoms with Crippen LogP contribution in [0.25, 0.3) is 125 Å². The molecule has 0 aliphatic heterocycles. The van der Waals surface area contributed by atoms with Crippen LogP contribution in [0.5, 0.6) is 0 Å². The fourth-order valence-corrected chi connectivity index (χ4v) is 18.5. The lowest BCUT2D eigenvalue weighted by Crippen LogP contribution is -2.07. The maximum Gasteiger partial charge on any atom is 0.100 e. The molecule has 0 aliphatic carbocycles. The van der Waals surface area contributed by atoms with Crippen molar-refractivity contribution in [1.82, 2.24) is 0 Å². The maximum absolute atomic E-state index is 5.17. The second-order valence-electron chi connectivity index (χ2n) is 25.3. The van der Waals surface area contributed by atoms with Crippen molar-refractivity contribution in [2.45, 2.75) is 41.5 Å². The highest BCUT2D eigenvalue weighted by Gasteiger charge is 2.26. The van der Waals surface area contributed by atoms with Gasteiger partial charge in [0.15, 0.2) is 0 Å². The van der Waals surface area contributed by atoms with Crippen LogP contribution in [-0.4, -0.2) is 0 Å². The van der Waals surface area contributed by atoms with Gasteiger partial charge in [-0.2, -0.15) is 20.4 Å². The molecule has 4 heterocycles. The van der Waals surface area contributed by atoms with Crippen LogP contribution < -0.4 is 43.1 Å². The van der Waals surface area contributed by atoms with E-state index in [9.17, 15) is 0 Å². The Balaban J connectivity index is 0.000000147. The highest BCUT2D eigenvalue weighted by molar-refractivity contribution is 7.24.